The smallest absolute Gasteiger partial charge is 0.406 e. The first-order chi connectivity index (χ1) is 8.24. The monoisotopic (exact) mass is 268 g/mol. The normalized spacial score (nSPS) is 17.1. The van der Waals surface area contributed by atoms with Crippen LogP contribution in [0.5, 0.6) is 0 Å². The van der Waals surface area contributed by atoms with Crippen molar-refractivity contribution in [2.24, 2.45) is 5.92 Å². The predicted octanol–water partition coefficient (Wildman–Crippen LogP) is 1.44. The lowest BCUT2D eigenvalue weighted by Gasteiger charge is -2.24. The lowest BCUT2D eigenvalue weighted by molar-refractivity contribution is -0.141. The number of nitrogens with one attached hydrogen (secondary N) is 1. The lowest BCUT2D eigenvalue weighted by Crippen LogP contribution is -2.51. The van der Waals surface area contributed by atoms with E-state index in [9.17, 15) is 22.8 Å². The highest BCUT2D eigenvalue weighted by Gasteiger charge is 2.39. The molecule has 1 fully saturated rings. The van der Waals surface area contributed by atoms with Crippen molar-refractivity contribution in [3.63, 3.8) is 0 Å². The van der Waals surface area contributed by atoms with Crippen LogP contribution in [-0.2, 0) is 4.79 Å². The van der Waals surface area contributed by atoms with Gasteiger partial charge in [-0.3, -0.25) is 0 Å². The summed E-state index contributed by atoms with van der Waals surface area (Å²) < 4.78 is 36.5. The summed E-state index contributed by atoms with van der Waals surface area (Å²) in [4.78, 5) is 22.9. The van der Waals surface area contributed by atoms with Gasteiger partial charge in [0.25, 0.3) is 0 Å². The van der Waals surface area contributed by atoms with Crippen LogP contribution in [0, 0.1) is 5.92 Å². The van der Waals surface area contributed by atoms with E-state index in [1.165, 1.54) is 6.92 Å². The predicted molar refractivity (Wildman–Crippen MR) is 56.0 cm³/mol. The molecule has 1 aliphatic rings. The van der Waals surface area contributed by atoms with Gasteiger partial charge >= 0.3 is 18.2 Å². The highest BCUT2D eigenvalue weighted by Crippen LogP contribution is 2.32. The number of carbonyl (C=O) groups excluding carboxylic acids is 1. The summed E-state index contributed by atoms with van der Waals surface area (Å²) in [5, 5.41) is 11.0. The summed E-state index contributed by atoms with van der Waals surface area (Å²) >= 11 is 0. The number of halogens is 3. The Bertz CT molecular complexity index is 329. The Kier molecular flexibility index (Phi) is 4.42. The molecule has 1 saturated carbocycles. The summed E-state index contributed by atoms with van der Waals surface area (Å²) in [5.74, 6) is -1.38. The molecule has 5 nitrogen and oxygen atoms in total. The minimum absolute atomic E-state index is 0.137. The Morgan fingerprint density at radius 3 is 2.33 bits per heavy atom. The van der Waals surface area contributed by atoms with E-state index in [-0.39, 0.29) is 12.5 Å². The van der Waals surface area contributed by atoms with Gasteiger partial charge in [-0.15, -0.1) is 0 Å². The Hall–Kier alpha value is -1.47. The number of alkyl halides is 3. The second kappa shape index (κ2) is 5.45. The first-order valence-electron chi connectivity index (χ1n) is 5.59. The summed E-state index contributed by atoms with van der Waals surface area (Å²) in [5.41, 5.74) is 0. The van der Waals surface area contributed by atoms with Crippen LogP contribution in [0.25, 0.3) is 0 Å². The van der Waals surface area contributed by atoms with E-state index in [0.717, 1.165) is 0 Å². The average Bonchev–Trinajstić information content (AvgIpc) is 3.04. The molecule has 104 valence electrons. The van der Waals surface area contributed by atoms with Gasteiger partial charge in [0.15, 0.2) is 0 Å². The third kappa shape index (κ3) is 4.42. The van der Waals surface area contributed by atoms with Gasteiger partial charge in [-0.1, -0.05) is 0 Å². The topological polar surface area (TPSA) is 69.6 Å². The summed E-state index contributed by atoms with van der Waals surface area (Å²) in [6.45, 7) is -0.118. The molecule has 2 amide bonds. The highest BCUT2D eigenvalue weighted by atomic mass is 19.4. The largest absolute Gasteiger partial charge is 0.480 e. The van der Waals surface area contributed by atoms with Crippen LogP contribution in [0.2, 0.25) is 0 Å². The van der Waals surface area contributed by atoms with Gasteiger partial charge in [0, 0.05) is 6.54 Å². The van der Waals surface area contributed by atoms with Crippen molar-refractivity contribution in [1.29, 1.82) is 0 Å². The fourth-order valence-electron chi connectivity index (χ4n) is 1.58. The second-order valence-corrected chi connectivity index (χ2v) is 4.23. The van der Waals surface area contributed by atoms with Crippen molar-refractivity contribution >= 4 is 12.0 Å². The van der Waals surface area contributed by atoms with Crippen molar-refractivity contribution in [2.45, 2.75) is 32.0 Å². The molecular weight excluding hydrogens is 253 g/mol. The van der Waals surface area contributed by atoms with Crippen molar-refractivity contribution in [1.82, 2.24) is 10.2 Å². The third-order valence-corrected chi connectivity index (χ3v) is 2.68. The Balaban J connectivity index is 2.58. The SMILES string of the molecule is CCN(CC(F)(F)F)C(=O)NC(C(=O)O)C1CC1. The van der Waals surface area contributed by atoms with Crippen molar-refractivity contribution < 1.29 is 27.9 Å². The zero-order valence-electron chi connectivity index (χ0n) is 9.83. The minimum Gasteiger partial charge on any atom is -0.480 e. The number of carbonyl (C=O) groups is 2. The molecule has 1 aliphatic carbocycles. The second-order valence-electron chi connectivity index (χ2n) is 4.23. The standard InChI is InChI=1S/C10H15F3N2O3/c1-2-15(5-10(11,12)13)9(18)14-7(8(16)17)6-3-4-6/h6-7H,2-5H2,1H3,(H,14,18)(H,16,17). The van der Waals surface area contributed by atoms with Crippen LogP contribution < -0.4 is 5.32 Å². The Morgan fingerprint density at radius 2 is 2.00 bits per heavy atom. The minimum atomic E-state index is -4.49. The molecule has 0 aromatic carbocycles. The van der Waals surface area contributed by atoms with E-state index >= 15 is 0 Å². The maximum Gasteiger partial charge on any atom is 0.406 e. The maximum atomic E-state index is 12.2. The lowest BCUT2D eigenvalue weighted by atomic mass is 10.2. The van der Waals surface area contributed by atoms with Gasteiger partial charge in [0.05, 0.1) is 0 Å². The van der Waals surface area contributed by atoms with Crippen LogP contribution in [-0.4, -0.2) is 47.3 Å². The van der Waals surface area contributed by atoms with E-state index in [2.05, 4.69) is 5.32 Å². The molecule has 0 heterocycles. The summed E-state index contributed by atoms with van der Waals surface area (Å²) in [7, 11) is 0. The van der Waals surface area contributed by atoms with E-state index in [1.54, 1.807) is 0 Å². The third-order valence-electron chi connectivity index (χ3n) is 2.68. The Labute approximate surface area is 102 Å². The maximum absolute atomic E-state index is 12.2. The molecule has 1 unspecified atom stereocenters. The molecule has 0 spiro atoms. The quantitative estimate of drug-likeness (QED) is 0.792. The van der Waals surface area contributed by atoms with Crippen LogP contribution in [0.4, 0.5) is 18.0 Å². The first-order valence-corrected chi connectivity index (χ1v) is 5.59. The average molecular weight is 268 g/mol. The fourth-order valence-corrected chi connectivity index (χ4v) is 1.58. The van der Waals surface area contributed by atoms with Gasteiger partial charge in [-0.2, -0.15) is 13.2 Å². The van der Waals surface area contributed by atoms with Crippen LogP contribution in [0.15, 0.2) is 0 Å². The van der Waals surface area contributed by atoms with E-state index in [4.69, 9.17) is 5.11 Å². The molecule has 0 aliphatic heterocycles. The van der Waals surface area contributed by atoms with E-state index in [0.29, 0.717) is 17.7 Å². The van der Waals surface area contributed by atoms with Gasteiger partial charge in [-0.05, 0) is 25.7 Å². The molecule has 0 radical (unpaired) electrons. The molecule has 0 saturated heterocycles. The van der Waals surface area contributed by atoms with Crippen LogP contribution in [0.3, 0.4) is 0 Å². The zero-order valence-corrected chi connectivity index (χ0v) is 9.83. The van der Waals surface area contributed by atoms with Gasteiger partial charge in [0.1, 0.15) is 12.6 Å². The number of nitrogens with zero attached hydrogens (tertiary/aromatic N) is 1. The van der Waals surface area contributed by atoms with Crippen LogP contribution >= 0.6 is 0 Å². The van der Waals surface area contributed by atoms with Gasteiger partial charge < -0.3 is 15.3 Å². The molecule has 18 heavy (non-hydrogen) atoms. The number of aliphatic carboxylic acids is 1. The van der Waals surface area contributed by atoms with E-state index in [1.807, 2.05) is 0 Å². The van der Waals surface area contributed by atoms with E-state index < -0.39 is 30.8 Å². The number of hydrogen-bond donors (Lipinski definition) is 2. The highest BCUT2D eigenvalue weighted by molar-refractivity contribution is 5.83. The van der Waals surface area contributed by atoms with Crippen molar-refractivity contribution in [3.8, 4) is 0 Å². The van der Waals surface area contributed by atoms with Crippen molar-refractivity contribution in [2.75, 3.05) is 13.1 Å². The molecule has 0 aromatic heterocycles. The number of hydrogen-bond acceptors (Lipinski definition) is 2. The first kappa shape index (κ1) is 14.6. The van der Waals surface area contributed by atoms with Gasteiger partial charge in [-0.25, -0.2) is 9.59 Å². The Morgan fingerprint density at radius 1 is 1.44 bits per heavy atom. The fraction of sp³-hybridized carbons (Fsp3) is 0.800. The molecule has 0 aromatic rings. The number of rotatable bonds is 5. The zero-order chi connectivity index (χ0) is 13.9. The molecule has 0 bridgehead atoms. The number of amides is 2. The number of carboxylic acid groups (broad SMARTS) is 1. The molecule has 1 atom stereocenters. The molecular formula is C10H15F3N2O3. The number of carboxylic acids is 1. The molecule has 8 heteroatoms. The summed E-state index contributed by atoms with van der Waals surface area (Å²) in [6, 6.07) is -2.09. The van der Waals surface area contributed by atoms with Gasteiger partial charge in [0.2, 0.25) is 0 Å². The molecule has 1 rings (SSSR count). The molecule has 2 N–H and O–H groups in total. The van der Waals surface area contributed by atoms with Crippen LogP contribution in [0.1, 0.15) is 19.8 Å². The van der Waals surface area contributed by atoms with Crippen molar-refractivity contribution in [3.05, 3.63) is 0 Å². The number of urea groups is 1. The summed E-state index contributed by atoms with van der Waals surface area (Å²) in [6.07, 6.45) is -3.16.